The lowest BCUT2D eigenvalue weighted by atomic mass is 10.0. The summed E-state index contributed by atoms with van der Waals surface area (Å²) in [5.41, 5.74) is 3.85. The quantitative estimate of drug-likeness (QED) is 0.257. The summed E-state index contributed by atoms with van der Waals surface area (Å²) >= 11 is 0. The van der Waals surface area contributed by atoms with Gasteiger partial charge in [0.15, 0.2) is 0 Å². The van der Waals surface area contributed by atoms with E-state index in [0.29, 0.717) is 17.7 Å². The first-order valence-electron chi connectivity index (χ1n) is 7.77. The summed E-state index contributed by atoms with van der Waals surface area (Å²) in [6.07, 6.45) is -0.617. The van der Waals surface area contributed by atoms with Gasteiger partial charge in [0.1, 0.15) is 5.82 Å². The van der Waals surface area contributed by atoms with Crippen LogP contribution >= 0.6 is 0 Å². The van der Waals surface area contributed by atoms with Crippen LogP contribution < -0.4 is 10.9 Å². The number of aromatic nitrogens is 1. The fraction of sp³-hybridized carbons (Fsp3) is 0.533. The minimum absolute atomic E-state index is 0.0323. The number of carbonyl (C=O) groups excluding carboxylic acids is 2. The van der Waals surface area contributed by atoms with Crippen LogP contribution in [0.3, 0.4) is 0 Å². The van der Waals surface area contributed by atoms with Crippen LogP contribution in [0.4, 0.5) is 19.0 Å². The number of alkyl halides is 3. The third kappa shape index (κ3) is 7.38. The molecule has 1 heterocycles. The molecule has 0 aliphatic carbocycles. The number of carbonyl (C=O) groups is 2. The van der Waals surface area contributed by atoms with E-state index >= 15 is 0 Å². The Bertz CT molecular complexity index is 552. The smallest absolute Gasteiger partial charge is 0.286 e. The molecule has 0 radical (unpaired) electrons. The van der Waals surface area contributed by atoms with Crippen molar-refractivity contribution in [1.29, 1.82) is 0 Å². The molecule has 0 aromatic carbocycles. The molecule has 0 aliphatic heterocycles. The Labute approximate surface area is 143 Å². The van der Waals surface area contributed by atoms with Crippen molar-refractivity contribution < 1.29 is 28.0 Å². The van der Waals surface area contributed by atoms with E-state index in [-0.39, 0.29) is 18.8 Å². The molecule has 2 amide bonds. The molecule has 0 aliphatic rings. The molecule has 1 unspecified atom stereocenters. The predicted molar refractivity (Wildman–Crippen MR) is 83.2 cm³/mol. The molecule has 7 nitrogen and oxygen atoms in total. The summed E-state index contributed by atoms with van der Waals surface area (Å²) in [4.78, 5) is 26.2. The number of halogens is 3. The van der Waals surface area contributed by atoms with Gasteiger partial charge < -0.3 is 0 Å². The maximum atomic E-state index is 12.5. The Morgan fingerprint density at radius 1 is 1.40 bits per heavy atom. The van der Waals surface area contributed by atoms with E-state index in [0.717, 1.165) is 31.4 Å². The third-order valence-corrected chi connectivity index (χ3v) is 3.46. The molecular formula is C15H21F3N4O3. The summed E-state index contributed by atoms with van der Waals surface area (Å²) in [7, 11) is 0. The van der Waals surface area contributed by atoms with Crippen LogP contribution in [-0.2, 0) is 15.8 Å². The maximum absolute atomic E-state index is 12.5. The van der Waals surface area contributed by atoms with Crippen molar-refractivity contribution in [2.75, 3.05) is 12.0 Å². The Morgan fingerprint density at radius 2 is 2.12 bits per heavy atom. The minimum Gasteiger partial charge on any atom is -0.286 e. The minimum atomic E-state index is -4.49. The molecule has 0 spiro atoms. The normalized spacial score (nSPS) is 12.4. The fourth-order valence-electron chi connectivity index (χ4n) is 2.08. The Hall–Kier alpha value is -2.36. The molecule has 10 heteroatoms. The Kier molecular flexibility index (Phi) is 8.12. The van der Waals surface area contributed by atoms with Crippen LogP contribution in [0.1, 0.15) is 38.2 Å². The van der Waals surface area contributed by atoms with Crippen molar-refractivity contribution in [3.05, 3.63) is 23.9 Å². The molecule has 1 rings (SSSR count). The molecule has 1 atom stereocenters. The molecular weight excluding hydrogens is 341 g/mol. The summed E-state index contributed by atoms with van der Waals surface area (Å²) in [5.74, 6) is -1.13. The van der Waals surface area contributed by atoms with Crippen molar-refractivity contribution >= 4 is 18.1 Å². The number of unbranched alkanes of at least 4 members (excludes halogenated alkanes) is 2. The largest absolute Gasteiger partial charge is 0.417 e. The van der Waals surface area contributed by atoms with Crippen molar-refractivity contribution in [3.63, 3.8) is 0 Å². The highest BCUT2D eigenvalue weighted by Gasteiger charge is 2.30. The van der Waals surface area contributed by atoms with E-state index in [4.69, 9.17) is 0 Å². The fourth-order valence-corrected chi connectivity index (χ4v) is 2.08. The third-order valence-electron chi connectivity index (χ3n) is 3.46. The van der Waals surface area contributed by atoms with Gasteiger partial charge in [-0.3, -0.25) is 25.6 Å². The summed E-state index contributed by atoms with van der Waals surface area (Å²) < 4.78 is 37.4. The number of pyridine rings is 1. The van der Waals surface area contributed by atoms with E-state index < -0.39 is 23.6 Å². The highest BCUT2D eigenvalue weighted by molar-refractivity contribution is 5.80. The van der Waals surface area contributed by atoms with E-state index in [2.05, 4.69) is 15.8 Å². The first-order chi connectivity index (χ1) is 11.8. The second-order valence-electron chi connectivity index (χ2n) is 5.46. The lowest BCUT2D eigenvalue weighted by Gasteiger charge is -2.20. The zero-order valence-electron chi connectivity index (χ0n) is 13.7. The molecule has 25 heavy (non-hydrogen) atoms. The average molecular weight is 362 g/mol. The van der Waals surface area contributed by atoms with Crippen molar-refractivity contribution in [3.8, 4) is 0 Å². The number of hydrogen-bond donors (Lipinski definition) is 3. The standard InChI is InChI=1S/C15H21F3N4O3/c1-2-3-4-5-11(9-22(25)10-23)14(24)21-20-13-7-6-12(8-19-13)15(16,17)18/h6-8,10-11,25H,2-5,9H2,1H3,(H,19,20)(H,21,24). The second kappa shape index (κ2) is 9.82. The van der Waals surface area contributed by atoms with Crippen LogP contribution in [0.5, 0.6) is 0 Å². The van der Waals surface area contributed by atoms with Crippen LogP contribution in [0.2, 0.25) is 0 Å². The van der Waals surface area contributed by atoms with Crippen molar-refractivity contribution in [1.82, 2.24) is 15.5 Å². The number of hydrazine groups is 1. The molecule has 1 aromatic rings. The monoisotopic (exact) mass is 362 g/mol. The molecule has 3 N–H and O–H groups in total. The van der Waals surface area contributed by atoms with Gasteiger partial charge in [-0.15, -0.1) is 0 Å². The molecule has 140 valence electrons. The van der Waals surface area contributed by atoms with Crippen LogP contribution in [0.15, 0.2) is 18.3 Å². The van der Waals surface area contributed by atoms with E-state index in [1.54, 1.807) is 0 Å². The van der Waals surface area contributed by atoms with E-state index in [1.165, 1.54) is 0 Å². The molecule has 0 fully saturated rings. The SMILES string of the molecule is CCCCCC(CN(O)C=O)C(=O)NNc1ccc(C(F)(F)F)cn1. The molecule has 0 saturated carbocycles. The summed E-state index contributed by atoms with van der Waals surface area (Å²) in [6, 6.07) is 1.92. The predicted octanol–water partition coefficient (Wildman–Crippen LogP) is 2.59. The Balaban J connectivity index is 2.61. The van der Waals surface area contributed by atoms with Crippen molar-refractivity contribution in [2.24, 2.45) is 5.92 Å². The summed E-state index contributed by atoms with van der Waals surface area (Å²) in [6.45, 7) is 1.82. The lowest BCUT2D eigenvalue weighted by Crippen LogP contribution is -2.40. The van der Waals surface area contributed by atoms with E-state index in [9.17, 15) is 28.0 Å². The van der Waals surface area contributed by atoms with Crippen LogP contribution in [0, 0.1) is 5.92 Å². The van der Waals surface area contributed by atoms with E-state index in [1.807, 2.05) is 6.92 Å². The van der Waals surface area contributed by atoms with Gasteiger partial charge in [0.25, 0.3) is 0 Å². The first kappa shape index (κ1) is 20.7. The number of nitrogens with zero attached hydrogens (tertiary/aromatic N) is 2. The van der Waals surface area contributed by atoms with Gasteiger partial charge in [0.2, 0.25) is 12.3 Å². The molecule has 1 aromatic heterocycles. The number of amides is 2. The molecule has 0 bridgehead atoms. The zero-order valence-corrected chi connectivity index (χ0v) is 13.7. The maximum Gasteiger partial charge on any atom is 0.417 e. The second-order valence-corrected chi connectivity index (χ2v) is 5.46. The van der Waals surface area contributed by atoms with Gasteiger partial charge in [0, 0.05) is 6.20 Å². The molecule has 0 saturated heterocycles. The van der Waals surface area contributed by atoms with Crippen LogP contribution in [-0.4, -0.2) is 34.1 Å². The number of hydroxylamine groups is 2. The number of hydrogen-bond acceptors (Lipinski definition) is 5. The number of nitrogens with one attached hydrogen (secondary N) is 2. The Morgan fingerprint density at radius 3 is 2.64 bits per heavy atom. The summed E-state index contributed by atoms with van der Waals surface area (Å²) in [5, 5.41) is 9.65. The van der Waals surface area contributed by atoms with Gasteiger partial charge in [0.05, 0.1) is 18.0 Å². The first-order valence-corrected chi connectivity index (χ1v) is 7.77. The van der Waals surface area contributed by atoms with Gasteiger partial charge in [-0.1, -0.05) is 26.2 Å². The number of rotatable bonds is 10. The van der Waals surface area contributed by atoms with Crippen molar-refractivity contribution in [2.45, 2.75) is 38.8 Å². The highest BCUT2D eigenvalue weighted by Crippen LogP contribution is 2.28. The van der Waals surface area contributed by atoms with Gasteiger partial charge in [-0.25, -0.2) is 10.0 Å². The van der Waals surface area contributed by atoms with Gasteiger partial charge in [-0.2, -0.15) is 13.2 Å². The van der Waals surface area contributed by atoms with Crippen LogP contribution in [0.25, 0.3) is 0 Å². The number of anilines is 1. The lowest BCUT2D eigenvalue weighted by molar-refractivity contribution is -0.154. The van der Waals surface area contributed by atoms with Gasteiger partial charge in [-0.05, 0) is 18.6 Å². The zero-order chi connectivity index (χ0) is 18.9. The topological polar surface area (TPSA) is 94.6 Å². The van der Waals surface area contributed by atoms with Gasteiger partial charge >= 0.3 is 6.18 Å². The average Bonchev–Trinajstić information content (AvgIpc) is 2.58. The highest BCUT2D eigenvalue weighted by atomic mass is 19.4.